The first-order valence-corrected chi connectivity index (χ1v) is 5.79. The Morgan fingerprint density at radius 1 is 0.895 bits per heavy atom. The lowest BCUT2D eigenvalue weighted by molar-refractivity contribution is 0.322. The minimum absolute atomic E-state index is 0.496. The molecule has 0 heterocycles. The molecule has 2 aromatic rings. The van der Waals surface area contributed by atoms with E-state index in [1.165, 1.54) is 6.21 Å². The van der Waals surface area contributed by atoms with Gasteiger partial charge in [-0.05, 0) is 5.56 Å². The second-order valence-electron chi connectivity index (χ2n) is 3.75. The molecule has 0 atom stereocenters. The van der Waals surface area contributed by atoms with Crippen LogP contribution in [0.3, 0.4) is 0 Å². The van der Waals surface area contributed by atoms with Crippen molar-refractivity contribution in [3.05, 3.63) is 71.8 Å². The molecule has 0 unspecified atom stereocenters. The summed E-state index contributed by atoms with van der Waals surface area (Å²) in [6, 6.07) is 19.1. The zero-order valence-corrected chi connectivity index (χ0v) is 10.2. The first-order valence-electron chi connectivity index (χ1n) is 5.79. The summed E-state index contributed by atoms with van der Waals surface area (Å²) in [6.45, 7) is 0. The third kappa shape index (κ3) is 3.89. The smallest absolute Gasteiger partial charge is 0.114 e. The van der Waals surface area contributed by atoms with Gasteiger partial charge in [-0.2, -0.15) is 5.10 Å². The zero-order chi connectivity index (χ0) is 13.3. The van der Waals surface area contributed by atoms with Crippen LogP contribution in [0.2, 0.25) is 0 Å². The average Bonchev–Trinajstić information content (AvgIpc) is 2.48. The van der Waals surface area contributed by atoms with Gasteiger partial charge in [0.1, 0.15) is 5.71 Å². The molecule has 4 nitrogen and oxygen atoms in total. The summed E-state index contributed by atoms with van der Waals surface area (Å²) >= 11 is 0. The molecule has 0 spiro atoms. The first kappa shape index (κ1) is 12.7. The molecule has 0 amide bonds. The molecule has 19 heavy (non-hydrogen) atoms. The van der Waals surface area contributed by atoms with Gasteiger partial charge in [-0.25, -0.2) is 0 Å². The fourth-order valence-electron chi connectivity index (χ4n) is 1.52. The highest BCUT2D eigenvalue weighted by Crippen LogP contribution is 2.01. The molecule has 0 aliphatic heterocycles. The molecule has 0 fully saturated rings. The Balaban J connectivity index is 2.21. The highest BCUT2D eigenvalue weighted by atomic mass is 16.4. The van der Waals surface area contributed by atoms with Gasteiger partial charge in [-0.15, -0.1) is 5.10 Å². The fraction of sp³-hybridized carbons (Fsp3) is 0. The number of hydrogen-bond donors (Lipinski definition) is 1. The molecule has 0 saturated carbocycles. The summed E-state index contributed by atoms with van der Waals surface area (Å²) in [7, 11) is 0. The topological polar surface area (TPSA) is 57.3 Å². The van der Waals surface area contributed by atoms with Crippen LogP contribution >= 0.6 is 0 Å². The summed E-state index contributed by atoms with van der Waals surface area (Å²) < 4.78 is 0. The maximum Gasteiger partial charge on any atom is 0.114 e. The van der Waals surface area contributed by atoms with Crippen molar-refractivity contribution < 1.29 is 5.21 Å². The number of rotatable bonds is 4. The molecule has 0 radical (unpaired) electrons. The van der Waals surface area contributed by atoms with Gasteiger partial charge in [-0.1, -0.05) is 65.8 Å². The quantitative estimate of drug-likeness (QED) is 0.507. The number of benzene rings is 2. The lowest BCUT2D eigenvalue weighted by Gasteiger charge is -1.97. The molecular formula is C15H13N3O. The summed E-state index contributed by atoms with van der Waals surface area (Å²) in [5.74, 6) is 0. The number of hydrogen-bond acceptors (Lipinski definition) is 4. The molecule has 0 aliphatic carbocycles. The van der Waals surface area contributed by atoms with Crippen LogP contribution in [-0.2, 0) is 0 Å². The number of oxime groups is 1. The molecule has 1 N–H and O–H groups in total. The van der Waals surface area contributed by atoms with E-state index in [2.05, 4.69) is 15.4 Å². The highest BCUT2D eigenvalue weighted by molar-refractivity contribution is 6.38. The second-order valence-corrected chi connectivity index (χ2v) is 3.75. The summed E-state index contributed by atoms with van der Waals surface area (Å²) in [4.78, 5) is 0. The third-order valence-corrected chi connectivity index (χ3v) is 2.42. The van der Waals surface area contributed by atoms with E-state index < -0.39 is 0 Å². The van der Waals surface area contributed by atoms with Gasteiger partial charge in [0.05, 0.1) is 12.4 Å². The van der Waals surface area contributed by atoms with Crippen molar-refractivity contribution in [2.45, 2.75) is 0 Å². The van der Waals surface area contributed by atoms with Gasteiger partial charge >= 0.3 is 0 Å². The van der Waals surface area contributed by atoms with Gasteiger partial charge in [0.15, 0.2) is 0 Å². The monoisotopic (exact) mass is 251 g/mol. The van der Waals surface area contributed by atoms with Crippen molar-refractivity contribution in [1.82, 2.24) is 0 Å². The molecule has 2 aromatic carbocycles. The predicted octanol–water partition coefficient (Wildman–Crippen LogP) is 2.97. The van der Waals surface area contributed by atoms with Crippen LogP contribution in [0, 0.1) is 0 Å². The van der Waals surface area contributed by atoms with Crippen LogP contribution < -0.4 is 0 Å². The Bertz CT molecular complexity index is 589. The molecule has 4 heteroatoms. The van der Waals surface area contributed by atoms with E-state index in [0.717, 1.165) is 11.1 Å². The minimum Gasteiger partial charge on any atom is -0.411 e. The normalized spacial score (nSPS) is 12.3. The Morgan fingerprint density at radius 3 is 2.16 bits per heavy atom. The highest BCUT2D eigenvalue weighted by Gasteiger charge is 1.98. The average molecular weight is 251 g/mol. The lowest BCUT2D eigenvalue weighted by atomic mass is 10.1. The Labute approximate surface area is 111 Å². The van der Waals surface area contributed by atoms with Gasteiger partial charge < -0.3 is 5.21 Å². The Morgan fingerprint density at radius 2 is 1.53 bits per heavy atom. The van der Waals surface area contributed by atoms with Crippen molar-refractivity contribution in [3.63, 3.8) is 0 Å². The standard InChI is InChI=1S/C15H13N3O/c19-17-12-15(14-9-5-2-6-10-14)18-16-11-13-7-3-1-4-8-13/h1-12,19H/b16-11+,17-12+,18-15+. The van der Waals surface area contributed by atoms with Crippen LogP contribution in [0.15, 0.2) is 76.0 Å². The molecule has 2 rings (SSSR count). The molecular weight excluding hydrogens is 238 g/mol. The predicted molar refractivity (Wildman–Crippen MR) is 77.3 cm³/mol. The SMILES string of the molecule is O/N=C/C(=N\N=C\c1ccccc1)c1ccccc1. The van der Waals surface area contributed by atoms with Crippen molar-refractivity contribution in [1.29, 1.82) is 0 Å². The van der Waals surface area contributed by atoms with Crippen LogP contribution in [0.1, 0.15) is 11.1 Å². The van der Waals surface area contributed by atoms with Crippen LogP contribution in [-0.4, -0.2) is 23.3 Å². The maximum atomic E-state index is 8.65. The van der Waals surface area contributed by atoms with Crippen molar-refractivity contribution in [2.24, 2.45) is 15.4 Å². The fourth-order valence-corrected chi connectivity index (χ4v) is 1.52. The van der Waals surface area contributed by atoms with E-state index in [1.807, 2.05) is 60.7 Å². The van der Waals surface area contributed by atoms with E-state index in [-0.39, 0.29) is 0 Å². The molecule has 0 saturated heterocycles. The maximum absolute atomic E-state index is 8.65. The summed E-state index contributed by atoms with van der Waals surface area (Å²) in [5.41, 5.74) is 2.29. The van der Waals surface area contributed by atoms with Gasteiger partial charge in [0.2, 0.25) is 0 Å². The summed E-state index contributed by atoms with van der Waals surface area (Å²) in [6.07, 6.45) is 2.91. The van der Waals surface area contributed by atoms with Crippen molar-refractivity contribution in [3.8, 4) is 0 Å². The molecule has 0 aliphatic rings. The summed E-state index contributed by atoms with van der Waals surface area (Å²) in [5, 5.41) is 19.7. The van der Waals surface area contributed by atoms with E-state index >= 15 is 0 Å². The van der Waals surface area contributed by atoms with Crippen LogP contribution in [0.5, 0.6) is 0 Å². The van der Waals surface area contributed by atoms with E-state index in [0.29, 0.717) is 5.71 Å². The molecule has 94 valence electrons. The minimum atomic E-state index is 0.496. The van der Waals surface area contributed by atoms with Crippen molar-refractivity contribution >= 4 is 18.1 Å². The second kappa shape index (κ2) is 6.86. The van der Waals surface area contributed by atoms with Crippen LogP contribution in [0.25, 0.3) is 0 Å². The van der Waals surface area contributed by atoms with Gasteiger partial charge in [0, 0.05) is 5.56 Å². The number of nitrogens with zero attached hydrogens (tertiary/aromatic N) is 3. The van der Waals surface area contributed by atoms with Gasteiger partial charge in [-0.3, -0.25) is 0 Å². The molecule has 0 bridgehead atoms. The lowest BCUT2D eigenvalue weighted by Crippen LogP contribution is -2.01. The zero-order valence-electron chi connectivity index (χ0n) is 10.2. The Hall–Kier alpha value is -2.75. The Kier molecular flexibility index (Phi) is 4.58. The largest absolute Gasteiger partial charge is 0.411 e. The van der Waals surface area contributed by atoms with E-state index in [9.17, 15) is 0 Å². The van der Waals surface area contributed by atoms with E-state index in [1.54, 1.807) is 6.21 Å². The van der Waals surface area contributed by atoms with Crippen molar-refractivity contribution in [2.75, 3.05) is 0 Å². The first-order chi connectivity index (χ1) is 9.40. The third-order valence-electron chi connectivity index (χ3n) is 2.42. The van der Waals surface area contributed by atoms with Gasteiger partial charge in [0.25, 0.3) is 0 Å². The molecule has 0 aromatic heterocycles. The van der Waals surface area contributed by atoms with Crippen LogP contribution in [0.4, 0.5) is 0 Å². The van der Waals surface area contributed by atoms with E-state index in [4.69, 9.17) is 5.21 Å².